The van der Waals surface area contributed by atoms with Crippen LogP contribution in [0.3, 0.4) is 0 Å². The number of aryl methyl sites for hydroxylation is 1. The normalized spacial score (nSPS) is 10.9. The van der Waals surface area contributed by atoms with Crippen molar-refractivity contribution in [1.82, 2.24) is 5.32 Å². The number of hydrogen-bond acceptors (Lipinski definition) is 4. The van der Waals surface area contributed by atoms with E-state index < -0.39 is 17.6 Å². The maximum absolute atomic E-state index is 13.8. The molecule has 0 radical (unpaired) electrons. The highest BCUT2D eigenvalue weighted by Crippen LogP contribution is 2.22. The van der Waals surface area contributed by atoms with Gasteiger partial charge in [0.25, 0.3) is 0 Å². The van der Waals surface area contributed by atoms with Gasteiger partial charge in [0.2, 0.25) is 0 Å². The number of hydrogen-bond donors (Lipinski definition) is 2. The van der Waals surface area contributed by atoms with Crippen molar-refractivity contribution in [2.75, 3.05) is 5.32 Å². The summed E-state index contributed by atoms with van der Waals surface area (Å²) in [5.74, 6) is -1.20. The summed E-state index contributed by atoms with van der Waals surface area (Å²) in [7, 11) is 0. The van der Waals surface area contributed by atoms with E-state index in [1.165, 1.54) is 18.3 Å². The first-order valence-electron chi connectivity index (χ1n) is 8.64. The molecule has 0 atom stereocenters. The molecule has 3 rings (SSSR count). The van der Waals surface area contributed by atoms with Crippen molar-refractivity contribution < 1.29 is 18.4 Å². The number of furan rings is 1. The van der Waals surface area contributed by atoms with Gasteiger partial charge in [-0.05, 0) is 49.4 Å². The van der Waals surface area contributed by atoms with E-state index in [0.717, 1.165) is 5.56 Å². The molecule has 3 aromatic rings. The van der Waals surface area contributed by atoms with E-state index >= 15 is 0 Å². The average Bonchev–Trinajstić information content (AvgIpc) is 3.15. The fourth-order valence-electron chi connectivity index (χ4n) is 2.35. The second-order valence-corrected chi connectivity index (χ2v) is 7.08. The van der Waals surface area contributed by atoms with Gasteiger partial charge < -0.3 is 15.1 Å². The number of nitrogens with zero attached hydrogens (tertiary/aromatic N) is 1. The summed E-state index contributed by atoms with van der Waals surface area (Å²) < 4.78 is 19.9. The van der Waals surface area contributed by atoms with E-state index in [9.17, 15) is 14.0 Å². The van der Waals surface area contributed by atoms with Crippen LogP contribution in [0, 0.1) is 12.7 Å². The van der Waals surface area contributed by atoms with Crippen LogP contribution in [0.15, 0.2) is 68.5 Å². The van der Waals surface area contributed by atoms with Crippen LogP contribution < -0.4 is 10.6 Å². The highest BCUT2D eigenvalue weighted by atomic mass is 79.9. The van der Waals surface area contributed by atoms with Crippen LogP contribution in [0.5, 0.6) is 0 Å². The topological polar surface area (TPSA) is 83.7 Å². The number of carbonyl (C=O) groups is 2. The molecule has 0 aliphatic carbocycles. The Labute approximate surface area is 175 Å². The Kier molecular flexibility index (Phi) is 6.56. The van der Waals surface area contributed by atoms with Crippen LogP contribution in [0.2, 0.25) is 0 Å². The first-order valence-corrected chi connectivity index (χ1v) is 9.44. The Hall–Kier alpha value is -3.26. The zero-order valence-electron chi connectivity index (χ0n) is 15.4. The van der Waals surface area contributed by atoms with E-state index in [-0.39, 0.29) is 12.2 Å². The smallest absolute Gasteiger partial charge is 0.313 e. The lowest BCUT2D eigenvalue weighted by atomic mass is 10.2. The Balaban J connectivity index is 1.53. The monoisotopic (exact) mass is 457 g/mol. The number of nitrogens with one attached hydrogen (secondary N) is 2. The molecule has 2 amide bonds. The van der Waals surface area contributed by atoms with Crippen LogP contribution in [0.1, 0.15) is 17.1 Å². The highest BCUT2D eigenvalue weighted by Gasteiger charge is 2.14. The van der Waals surface area contributed by atoms with Gasteiger partial charge in [-0.2, -0.15) is 0 Å². The summed E-state index contributed by atoms with van der Waals surface area (Å²) in [6, 6.07) is 14.9. The van der Waals surface area contributed by atoms with Crippen molar-refractivity contribution >= 4 is 45.3 Å². The molecule has 0 saturated heterocycles. The molecular formula is C21H17BrFN3O3. The van der Waals surface area contributed by atoms with Crippen molar-refractivity contribution in [3.63, 3.8) is 0 Å². The number of halogens is 2. The number of anilines is 1. The molecule has 2 N–H and O–H groups in total. The van der Waals surface area contributed by atoms with Crippen molar-refractivity contribution in [1.29, 1.82) is 0 Å². The van der Waals surface area contributed by atoms with Crippen LogP contribution in [0.4, 0.5) is 15.8 Å². The van der Waals surface area contributed by atoms with Gasteiger partial charge >= 0.3 is 11.8 Å². The summed E-state index contributed by atoms with van der Waals surface area (Å²) in [5, 5.41) is 4.99. The van der Waals surface area contributed by atoms with Gasteiger partial charge in [0, 0.05) is 10.2 Å². The molecule has 0 bridgehead atoms. The Morgan fingerprint density at radius 3 is 2.59 bits per heavy atom. The number of amides is 2. The van der Waals surface area contributed by atoms with Gasteiger partial charge in [-0.25, -0.2) is 9.38 Å². The van der Waals surface area contributed by atoms with Gasteiger partial charge in [0.05, 0.1) is 18.4 Å². The van der Waals surface area contributed by atoms with Gasteiger partial charge in [-0.3, -0.25) is 9.59 Å². The minimum absolute atomic E-state index is 0.0284. The van der Waals surface area contributed by atoms with Crippen LogP contribution >= 0.6 is 15.9 Å². The molecule has 8 heteroatoms. The van der Waals surface area contributed by atoms with Gasteiger partial charge in [-0.15, -0.1) is 0 Å². The van der Waals surface area contributed by atoms with E-state index in [4.69, 9.17) is 4.42 Å². The zero-order chi connectivity index (χ0) is 20.8. The first kappa shape index (κ1) is 20.5. The summed E-state index contributed by atoms with van der Waals surface area (Å²) in [5.41, 5.74) is 1.76. The molecule has 0 fully saturated rings. The lowest BCUT2D eigenvalue weighted by Crippen LogP contribution is -2.34. The number of benzene rings is 2. The van der Waals surface area contributed by atoms with Crippen LogP contribution in [-0.2, 0) is 16.1 Å². The maximum atomic E-state index is 13.8. The molecule has 29 heavy (non-hydrogen) atoms. The lowest BCUT2D eigenvalue weighted by molar-refractivity contribution is -0.136. The summed E-state index contributed by atoms with van der Waals surface area (Å²) >= 11 is 3.18. The van der Waals surface area contributed by atoms with Crippen LogP contribution in [-0.4, -0.2) is 18.0 Å². The molecule has 0 spiro atoms. The van der Waals surface area contributed by atoms with E-state index in [1.54, 1.807) is 30.3 Å². The average molecular weight is 458 g/mol. The zero-order valence-corrected chi connectivity index (χ0v) is 17.0. The van der Waals surface area contributed by atoms with Crippen LogP contribution in [0.25, 0.3) is 0 Å². The van der Waals surface area contributed by atoms with Gasteiger partial charge in [0.1, 0.15) is 17.3 Å². The minimum atomic E-state index is -0.783. The van der Waals surface area contributed by atoms with Gasteiger partial charge in [-0.1, -0.05) is 33.6 Å². The number of aliphatic imine (C=N–C) groups is 1. The molecule has 2 aromatic carbocycles. The second-order valence-electron chi connectivity index (χ2n) is 6.16. The molecule has 0 aliphatic heterocycles. The third-order valence-corrected chi connectivity index (χ3v) is 4.36. The third kappa shape index (κ3) is 5.86. The molecule has 0 saturated carbocycles. The Morgan fingerprint density at radius 1 is 1.10 bits per heavy atom. The quantitative estimate of drug-likeness (QED) is 0.437. The lowest BCUT2D eigenvalue weighted by Gasteiger charge is -2.05. The molecule has 148 valence electrons. The van der Waals surface area contributed by atoms with Crippen molar-refractivity contribution in [2.24, 2.45) is 4.99 Å². The number of rotatable bonds is 5. The first-order chi connectivity index (χ1) is 13.9. The molecular weight excluding hydrogens is 441 g/mol. The Morgan fingerprint density at radius 2 is 1.86 bits per heavy atom. The molecule has 1 heterocycles. The fraction of sp³-hybridized carbons (Fsp3) is 0.0952. The van der Waals surface area contributed by atoms with Crippen molar-refractivity contribution in [3.8, 4) is 0 Å². The highest BCUT2D eigenvalue weighted by molar-refractivity contribution is 9.10. The summed E-state index contributed by atoms with van der Waals surface area (Å²) in [6.45, 7) is 1.96. The van der Waals surface area contributed by atoms with E-state index in [0.29, 0.717) is 21.7 Å². The maximum Gasteiger partial charge on any atom is 0.313 e. The SMILES string of the molecule is Cc1ccc(NC(=O)C(=O)NCc2ccc(C=Nc3ccc(Br)cc3F)o2)cc1. The predicted molar refractivity (Wildman–Crippen MR) is 112 cm³/mol. The number of carbonyl (C=O) groups excluding carboxylic acids is 2. The molecule has 0 aliphatic rings. The molecule has 1 aromatic heterocycles. The standard InChI is InChI=1S/C21H17BrFN3O3/c1-13-2-5-15(6-3-13)26-21(28)20(27)25-12-17-8-7-16(29-17)11-24-19-9-4-14(22)10-18(19)23/h2-11H,12H2,1H3,(H,25,27)(H,26,28). The largest absolute Gasteiger partial charge is 0.458 e. The second kappa shape index (κ2) is 9.29. The summed E-state index contributed by atoms with van der Waals surface area (Å²) in [6.07, 6.45) is 1.38. The third-order valence-electron chi connectivity index (χ3n) is 3.86. The molecule has 0 unspecified atom stereocenters. The van der Waals surface area contributed by atoms with E-state index in [2.05, 4.69) is 31.6 Å². The van der Waals surface area contributed by atoms with Gasteiger partial charge in [0.15, 0.2) is 0 Å². The predicted octanol–water partition coefficient (Wildman–Crippen LogP) is 4.50. The summed E-state index contributed by atoms with van der Waals surface area (Å²) in [4.78, 5) is 27.9. The molecule has 6 nitrogen and oxygen atoms in total. The Bertz CT molecular complexity index is 1060. The van der Waals surface area contributed by atoms with E-state index in [1.807, 2.05) is 19.1 Å². The van der Waals surface area contributed by atoms with Crippen molar-refractivity contribution in [2.45, 2.75) is 13.5 Å². The van der Waals surface area contributed by atoms with Crippen molar-refractivity contribution in [3.05, 3.63) is 82.0 Å². The minimum Gasteiger partial charge on any atom is -0.458 e. The fourth-order valence-corrected chi connectivity index (χ4v) is 2.68.